The second kappa shape index (κ2) is 4.12. The summed E-state index contributed by atoms with van der Waals surface area (Å²) in [4.78, 5) is 12.5. The third-order valence-corrected chi connectivity index (χ3v) is 1.57. The number of nitrogens with zero attached hydrogens (tertiary/aromatic N) is 3. The van der Waals surface area contributed by atoms with Crippen molar-refractivity contribution in [1.29, 1.82) is 5.26 Å². The van der Waals surface area contributed by atoms with Crippen LogP contribution in [0.3, 0.4) is 0 Å². The van der Waals surface area contributed by atoms with Gasteiger partial charge in [0.25, 0.3) is 0 Å². The number of nitriles is 1. The van der Waals surface area contributed by atoms with Crippen LogP contribution >= 0.6 is 0 Å². The van der Waals surface area contributed by atoms with Crippen LogP contribution in [0.4, 0.5) is 24.7 Å². The Balaban J connectivity index is 3.42. The van der Waals surface area contributed by atoms with Crippen LogP contribution in [0.1, 0.15) is 5.56 Å². The Labute approximate surface area is 91.4 Å². The van der Waals surface area contributed by atoms with Gasteiger partial charge in [-0.1, -0.05) is 0 Å². The lowest BCUT2D eigenvalue weighted by Gasteiger charge is -2.11. The van der Waals surface area contributed by atoms with Crippen molar-refractivity contribution in [1.82, 2.24) is 4.98 Å². The van der Waals surface area contributed by atoms with Gasteiger partial charge in [0.1, 0.15) is 12.3 Å². The smallest absolute Gasteiger partial charge is 0.400 e. The molecule has 7 nitrogen and oxygen atoms in total. The summed E-state index contributed by atoms with van der Waals surface area (Å²) < 4.78 is 39.4. The van der Waals surface area contributed by atoms with E-state index in [4.69, 9.17) is 11.0 Å². The number of hydrogen-bond acceptors (Lipinski definition) is 6. The summed E-state index contributed by atoms with van der Waals surface area (Å²) in [5, 5.41) is 19.0. The Morgan fingerprint density at radius 3 is 2.59 bits per heavy atom. The zero-order valence-electron chi connectivity index (χ0n) is 7.85. The van der Waals surface area contributed by atoms with Gasteiger partial charge >= 0.3 is 12.0 Å². The van der Waals surface area contributed by atoms with Crippen molar-refractivity contribution >= 4 is 11.5 Å². The average molecular weight is 248 g/mol. The summed E-state index contributed by atoms with van der Waals surface area (Å²) in [5.41, 5.74) is 3.22. The van der Waals surface area contributed by atoms with E-state index in [1.807, 2.05) is 0 Å². The Bertz CT molecular complexity index is 508. The van der Waals surface area contributed by atoms with Gasteiger partial charge in [-0.2, -0.15) is 5.26 Å². The van der Waals surface area contributed by atoms with E-state index in [9.17, 15) is 23.3 Å². The van der Waals surface area contributed by atoms with Crippen molar-refractivity contribution in [2.45, 2.75) is 6.36 Å². The Hall–Kier alpha value is -2.57. The summed E-state index contributed by atoms with van der Waals surface area (Å²) in [5.74, 6) is -1.93. The highest BCUT2D eigenvalue weighted by Crippen LogP contribution is 2.34. The molecule has 1 rings (SSSR count). The van der Waals surface area contributed by atoms with Crippen molar-refractivity contribution in [3.8, 4) is 11.8 Å². The molecule has 0 radical (unpaired) electrons. The summed E-state index contributed by atoms with van der Waals surface area (Å²) >= 11 is 0. The molecule has 0 saturated heterocycles. The number of anilines is 1. The van der Waals surface area contributed by atoms with E-state index in [1.165, 1.54) is 6.07 Å². The second-order valence-electron chi connectivity index (χ2n) is 2.65. The van der Waals surface area contributed by atoms with E-state index >= 15 is 0 Å². The minimum atomic E-state index is -5.13. The van der Waals surface area contributed by atoms with Crippen molar-refractivity contribution in [3.63, 3.8) is 0 Å². The summed E-state index contributed by atoms with van der Waals surface area (Å²) in [7, 11) is 0. The Kier molecular flexibility index (Phi) is 3.03. The molecule has 0 unspecified atom stereocenters. The van der Waals surface area contributed by atoms with Crippen LogP contribution in [0.15, 0.2) is 6.20 Å². The largest absolute Gasteiger partial charge is 0.573 e. The molecule has 0 fully saturated rings. The van der Waals surface area contributed by atoms with Gasteiger partial charge in [0.2, 0.25) is 0 Å². The summed E-state index contributed by atoms with van der Waals surface area (Å²) in [6, 6.07) is 1.22. The quantitative estimate of drug-likeness (QED) is 0.623. The van der Waals surface area contributed by atoms with Crippen LogP contribution < -0.4 is 10.5 Å². The number of aromatic nitrogens is 1. The SMILES string of the molecule is N#Cc1c([N+](=O)[O-])cnc(N)c1OC(F)(F)F. The van der Waals surface area contributed by atoms with E-state index < -0.39 is 34.1 Å². The molecule has 0 aliphatic heterocycles. The van der Waals surface area contributed by atoms with Gasteiger partial charge < -0.3 is 10.5 Å². The van der Waals surface area contributed by atoms with Crippen molar-refractivity contribution in [2.24, 2.45) is 0 Å². The standard InChI is InChI=1S/C7H3F3N4O3/c8-7(9,10)17-5-3(1-11)4(14(15)16)2-13-6(5)12/h2H,(H2,12,13). The second-order valence-corrected chi connectivity index (χ2v) is 2.65. The molecule has 10 heteroatoms. The molecule has 0 aliphatic rings. The predicted octanol–water partition coefficient (Wildman–Crippen LogP) is 1.34. The number of nitro groups is 1. The number of nitrogen functional groups attached to an aromatic ring is 1. The summed E-state index contributed by atoms with van der Waals surface area (Å²) in [6.07, 6.45) is -4.55. The first-order valence-electron chi connectivity index (χ1n) is 3.85. The number of pyridine rings is 1. The highest BCUT2D eigenvalue weighted by molar-refractivity contribution is 5.64. The fraction of sp³-hybridized carbons (Fsp3) is 0.143. The molecule has 0 aromatic carbocycles. The maximum atomic E-state index is 12.0. The molecule has 1 aromatic rings. The molecule has 17 heavy (non-hydrogen) atoms. The molecule has 0 spiro atoms. The zero-order chi connectivity index (χ0) is 13.2. The lowest BCUT2D eigenvalue weighted by molar-refractivity contribution is -0.385. The van der Waals surface area contributed by atoms with E-state index in [-0.39, 0.29) is 0 Å². The molecule has 0 aliphatic carbocycles. The van der Waals surface area contributed by atoms with Gasteiger partial charge in [0.15, 0.2) is 17.1 Å². The molecule has 0 amide bonds. The van der Waals surface area contributed by atoms with Crippen molar-refractivity contribution in [3.05, 3.63) is 21.9 Å². The average Bonchev–Trinajstić information content (AvgIpc) is 2.18. The summed E-state index contributed by atoms with van der Waals surface area (Å²) in [6.45, 7) is 0. The van der Waals surface area contributed by atoms with Gasteiger partial charge in [-0.3, -0.25) is 10.1 Å². The van der Waals surface area contributed by atoms with E-state index in [0.29, 0.717) is 6.20 Å². The van der Waals surface area contributed by atoms with Crippen LogP contribution in [0.25, 0.3) is 0 Å². The molecule has 0 atom stereocenters. The van der Waals surface area contributed by atoms with Gasteiger partial charge in [-0.15, -0.1) is 13.2 Å². The Morgan fingerprint density at radius 2 is 2.18 bits per heavy atom. The molecule has 2 N–H and O–H groups in total. The normalized spacial score (nSPS) is 10.7. The number of halogens is 3. The third kappa shape index (κ3) is 2.71. The van der Waals surface area contributed by atoms with Crippen molar-refractivity contribution in [2.75, 3.05) is 5.73 Å². The minimum Gasteiger partial charge on any atom is -0.400 e. The molecule has 1 aromatic heterocycles. The zero-order valence-corrected chi connectivity index (χ0v) is 7.85. The van der Waals surface area contributed by atoms with E-state index in [0.717, 1.165) is 0 Å². The molecule has 0 bridgehead atoms. The van der Waals surface area contributed by atoms with Crippen LogP contribution in [-0.2, 0) is 0 Å². The molecule has 0 saturated carbocycles. The topological polar surface area (TPSA) is 115 Å². The predicted molar refractivity (Wildman–Crippen MR) is 46.7 cm³/mol. The first-order valence-corrected chi connectivity index (χ1v) is 3.85. The van der Waals surface area contributed by atoms with Gasteiger partial charge in [-0.05, 0) is 0 Å². The maximum absolute atomic E-state index is 12.0. The van der Waals surface area contributed by atoms with Gasteiger partial charge in [-0.25, -0.2) is 4.98 Å². The molecule has 1 heterocycles. The Morgan fingerprint density at radius 1 is 1.59 bits per heavy atom. The van der Waals surface area contributed by atoms with E-state index in [2.05, 4.69) is 9.72 Å². The molecular weight excluding hydrogens is 245 g/mol. The van der Waals surface area contributed by atoms with Gasteiger partial charge in [0, 0.05) is 0 Å². The third-order valence-electron chi connectivity index (χ3n) is 1.57. The van der Waals surface area contributed by atoms with E-state index in [1.54, 1.807) is 0 Å². The first-order chi connectivity index (χ1) is 7.76. The van der Waals surface area contributed by atoms with Crippen LogP contribution in [0.5, 0.6) is 5.75 Å². The maximum Gasteiger partial charge on any atom is 0.573 e. The van der Waals surface area contributed by atoms with Gasteiger partial charge in [0.05, 0.1) is 4.92 Å². The highest BCUT2D eigenvalue weighted by atomic mass is 19.4. The lowest BCUT2D eigenvalue weighted by atomic mass is 10.2. The highest BCUT2D eigenvalue weighted by Gasteiger charge is 2.35. The van der Waals surface area contributed by atoms with Crippen LogP contribution in [-0.4, -0.2) is 16.3 Å². The number of alkyl halides is 3. The molecular formula is C7H3F3N4O3. The minimum absolute atomic E-state index is 0.580. The lowest BCUT2D eigenvalue weighted by Crippen LogP contribution is -2.19. The fourth-order valence-corrected chi connectivity index (χ4v) is 0.964. The number of nitrogens with two attached hydrogens (primary N) is 1. The monoisotopic (exact) mass is 248 g/mol. The van der Waals surface area contributed by atoms with Crippen LogP contribution in [0.2, 0.25) is 0 Å². The fourth-order valence-electron chi connectivity index (χ4n) is 0.964. The van der Waals surface area contributed by atoms with Crippen molar-refractivity contribution < 1.29 is 22.8 Å². The first kappa shape index (κ1) is 12.5. The van der Waals surface area contributed by atoms with Crippen LogP contribution in [0, 0.1) is 21.4 Å². The number of rotatable bonds is 2. The molecule has 90 valence electrons. The number of hydrogen-bond donors (Lipinski definition) is 1. The number of ether oxygens (including phenoxy) is 1.